The Morgan fingerprint density at radius 3 is 2.08 bits per heavy atom. The molecule has 0 aliphatic carbocycles. The fourth-order valence-electron chi connectivity index (χ4n) is 3.60. The number of carbonyl (C=O) groups is 4. The van der Waals surface area contributed by atoms with Crippen molar-refractivity contribution < 1.29 is 38.1 Å². The van der Waals surface area contributed by atoms with Crippen LogP contribution in [0.5, 0.6) is 5.75 Å². The van der Waals surface area contributed by atoms with Gasteiger partial charge in [-0.1, -0.05) is 0 Å². The number of unbranched alkanes of at least 4 members (excludes halogenated alkanes) is 1. The number of halogens is 1. The Morgan fingerprint density at radius 1 is 1.03 bits per heavy atom. The van der Waals surface area contributed by atoms with Crippen molar-refractivity contribution in [3.8, 4) is 5.75 Å². The highest BCUT2D eigenvalue weighted by molar-refractivity contribution is 5.96. The molecule has 0 unspecified atom stereocenters. The van der Waals surface area contributed by atoms with Crippen LogP contribution < -0.4 is 15.8 Å². The van der Waals surface area contributed by atoms with E-state index in [1.807, 2.05) is 6.92 Å². The van der Waals surface area contributed by atoms with Gasteiger partial charge in [0, 0.05) is 24.3 Å². The fourth-order valence-corrected chi connectivity index (χ4v) is 3.60. The van der Waals surface area contributed by atoms with Crippen LogP contribution in [0.25, 0.3) is 0 Å². The summed E-state index contributed by atoms with van der Waals surface area (Å²) in [5.74, 6) is -1.60. The maximum atomic E-state index is 12.6. The van der Waals surface area contributed by atoms with Gasteiger partial charge < -0.3 is 35.0 Å². The molecule has 0 aliphatic rings. The standard InChI is InChI=1S/C23H38N4O8.ClH/c1-6-34-18(28)13-27(14-19(29)35-7-2)17(23(31)33-5)10-8-9-11-25-22(30)20-21(32-4)15(3)16(12-24)26-20;/h17,26H,6-14,24H2,1-5H3,(H,25,30);1H/t17-;/m0./s1. The number of nitrogens with zero attached hydrogens (tertiary/aromatic N) is 1. The molecule has 206 valence electrons. The molecule has 13 heteroatoms. The molecule has 0 radical (unpaired) electrons. The lowest BCUT2D eigenvalue weighted by atomic mass is 10.1. The van der Waals surface area contributed by atoms with Crippen molar-refractivity contribution >= 4 is 36.2 Å². The highest BCUT2D eigenvalue weighted by Crippen LogP contribution is 2.26. The minimum absolute atomic E-state index is 0. The molecule has 0 saturated carbocycles. The molecule has 1 aromatic rings. The average molecular weight is 535 g/mol. The highest BCUT2D eigenvalue weighted by Gasteiger charge is 2.30. The van der Waals surface area contributed by atoms with Gasteiger partial charge in [0.25, 0.3) is 5.91 Å². The van der Waals surface area contributed by atoms with Crippen LogP contribution in [-0.4, -0.2) is 86.8 Å². The number of nitrogens with one attached hydrogen (secondary N) is 2. The number of aromatic amines is 1. The number of ether oxygens (including phenoxy) is 4. The molecule has 0 fully saturated rings. The number of H-pyrrole nitrogens is 1. The maximum absolute atomic E-state index is 12.6. The Hall–Kier alpha value is -2.83. The number of amides is 1. The van der Waals surface area contributed by atoms with Crippen LogP contribution >= 0.6 is 12.4 Å². The topological polar surface area (TPSA) is 162 Å². The van der Waals surface area contributed by atoms with Gasteiger partial charge in [0.1, 0.15) is 11.7 Å². The maximum Gasteiger partial charge on any atom is 0.323 e. The lowest BCUT2D eigenvalue weighted by Gasteiger charge is -2.28. The molecule has 0 bridgehead atoms. The van der Waals surface area contributed by atoms with Crippen molar-refractivity contribution in [1.29, 1.82) is 0 Å². The number of methoxy groups -OCH3 is 2. The van der Waals surface area contributed by atoms with E-state index in [0.29, 0.717) is 37.3 Å². The Bertz CT molecular complexity index is 841. The number of rotatable bonds is 16. The number of esters is 3. The van der Waals surface area contributed by atoms with Crippen LogP contribution in [0.1, 0.15) is 54.9 Å². The summed E-state index contributed by atoms with van der Waals surface area (Å²) in [6.07, 6.45) is 1.35. The first-order chi connectivity index (χ1) is 16.7. The van der Waals surface area contributed by atoms with E-state index >= 15 is 0 Å². The summed E-state index contributed by atoms with van der Waals surface area (Å²) in [6, 6.07) is -0.859. The van der Waals surface area contributed by atoms with E-state index in [1.54, 1.807) is 13.8 Å². The number of carbonyl (C=O) groups excluding carboxylic acids is 4. The summed E-state index contributed by atoms with van der Waals surface area (Å²) in [5, 5.41) is 2.81. The molecule has 12 nitrogen and oxygen atoms in total. The number of nitrogens with two attached hydrogens (primary N) is 1. The predicted octanol–water partition coefficient (Wildman–Crippen LogP) is 1.08. The van der Waals surface area contributed by atoms with E-state index in [0.717, 1.165) is 11.3 Å². The van der Waals surface area contributed by atoms with E-state index in [1.165, 1.54) is 19.1 Å². The number of hydrogen-bond acceptors (Lipinski definition) is 10. The summed E-state index contributed by atoms with van der Waals surface area (Å²) in [6.45, 7) is 5.55. The van der Waals surface area contributed by atoms with Gasteiger partial charge >= 0.3 is 17.9 Å². The van der Waals surface area contributed by atoms with E-state index < -0.39 is 23.9 Å². The average Bonchev–Trinajstić information content (AvgIpc) is 3.16. The molecule has 0 aliphatic heterocycles. The quantitative estimate of drug-likeness (QED) is 0.159. The molecule has 4 N–H and O–H groups in total. The Kier molecular flexibility index (Phi) is 16.2. The van der Waals surface area contributed by atoms with Crippen LogP contribution in [0, 0.1) is 6.92 Å². The molecule has 0 saturated heterocycles. The zero-order valence-electron chi connectivity index (χ0n) is 21.6. The summed E-state index contributed by atoms with van der Waals surface area (Å²) in [4.78, 5) is 53.5. The van der Waals surface area contributed by atoms with E-state index in [-0.39, 0.29) is 51.2 Å². The van der Waals surface area contributed by atoms with Gasteiger partial charge in [-0.05, 0) is 40.0 Å². The zero-order valence-corrected chi connectivity index (χ0v) is 22.5. The van der Waals surface area contributed by atoms with Gasteiger partial charge in [0.2, 0.25) is 0 Å². The molecule has 1 rings (SSSR count). The van der Waals surface area contributed by atoms with Crippen molar-refractivity contribution in [2.24, 2.45) is 5.73 Å². The molecular weight excluding hydrogens is 496 g/mol. The first kappa shape index (κ1) is 33.2. The second-order valence-electron chi connectivity index (χ2n) is 7.65. The lowest BCUT2D eigenvalue weighted by Crippen LogP contribution is -2.47. The normalized spacial score (nSPS) is 11.3. The minimum Gasteiger partial charge on any atom is -0.494 e. The third kappa shape index (κ3) is 10.0. The molecule has 1 amide bonds. The van der Waals surface area contributed by atoms with E-state index in [9.17, 15) is 19.2 Å². The Balaban J connectivity index is 0.0000122. The summed E-state index contributed by atoms with van der Waals surface area (Å²) in [5.41, 5.74) is 7.49. The Morgan fingerprint density at radius 2 is 1.61 bits per heavy atom. The summed E-state index contributed by atoms with van der Waals surface area (Å²) < 4.78 is 20.2. The van der Waals surface area contributed by atoms with Crippen molar-refractivity contribution in [2.75, 3.05) is 47.1 Å². The van der Waals surface area contributed by atoms with Gasteiger partial charge in [0.15, 0.2) is 5.75 Å². The predicted molar refractivity (Wildman–Crippen MR) is 134 cm³/mol. The van der Waals surface area contributed by atoms with Crippen molar-refractivity contribution in [3.63, 3.8) is 0 Å². The summed E-state index contributed by atoms with van der Waals surface area (Å²) >= 11 is 0. The molecule has 0 aromatic carbocycles. The lowest BCUT2D eigenvalue weighted by molar-refractivity contribution is -0.154. The van der Waals surface area contributed by atoms with E-state index in [4.69, 9.17) is 24.7 Å². The van der Waals surface area contributed by atoms with Crippen LogP contribution in [0.4, 0.5) is 0 Å². The SMILES string of the molecule is CCOC(=O)CN(CC(=O)OCC)[C@@H](CCCCNC(=O)c1[nH]c(CN)c(C)c1OC)C(=O)OC.Cl. The summed E-state index contributed by atoms with van der Waals surface area (Å²) in [7, 11) is 2.72. The second-order valence-corrected chi connectivity index (χ2v) is 7.65. The smallest absolute Gasteiger partial charge is 0.323 e. The van der Waals surface area contributed by atoms with Crippen LogP contribution in [0.15, 0.2) is 0 Å². The van der Waals surface area contributed by atoms with Gasteiger partial charge in [-0.2, -0.15) is 0 Å². The van der Waals surface area contributed by atoms with Gasteiger partial charge in [-0.3, -0.25) is 24.1 Å². The van der Waals surface area contributed by atoms with Gasteiger partial charge in [-0.25, -0.2) is 0 Å². The first-order valence-electron chi connectivity index (χ1n) is 11.6. The van der Waals surface area contributed by atoms with Crippen molar-refractivity contribution in [3.05, 3.63) is 17.0 Å². The van der Waals surface area contributed by atoms with Crippen molar-refractivity contribution in [1.82, 2.24) is 15.2 Å². The molecule has 0 spiro atoms. The molecular formula is C23H39ClN4O8. The van der Waals surface area contributed by atoms with E-state index in [2.05, 4.69) is 10.3 Å². The monoisotopic (exact) mass is 534 g/mol. The van der Waals surface area contributed by atoms with Gasteiger partial charge in [0.05, 0.1) is 40.5 Å². The largest absolute Gasteiger partial charge is 0.494 e. The highest BCUT2D eigenvalue weighted by atomic mass is 35.5. The number of hydrogen-bond donors (Lipinski definition) is 3. The van der Waals surface area contributed by atoms with Crippen LogP contribution in [0.3, 0.4) is 0 Å². The molecule has 36 heavy (non-hydrogen) atoms. The third-order valence-corrected chi connectivity index (χ3v) is 5.31. The number of aromatic nitrogens is 1. The molecule has 1 atom stereocenters. The van der Waals surface area contributed by atoms with Gasteiger partial charge in [-0.15, -0.1) is 12.4 Å². The molecule has 1 aromatic heterocycles. The Labute approximate surface area is 217 Å². The first-order valence-corrected chi connectivity index (χ1v) is 11.6. The van der Waals surface area contributed by atoms with Crippen LogP contribution in [0.2, 0.25) is 0 Å². The molecule has 1 heterocycles. The second kappa shape index (κ2) is 17.6. The zero-order chi connectivity index (χ0) is 26.4. The van der Waals surface area contributed by atoms with Crippen LogP contribution in [-0.2, 0) is 35.1 Å². The van der Waals surface area contributed by atoms with Crippen molar-refractivity contribution in [2.45, 2.75) is 52.6 Å². The minimum atomic E-state index is -0.859. The third-order valence-electron chi connectivity index (χ3n) is 5.31. The fraction of sp³-hybridized carbons (Fsp3) is 0.652.